The minimum absolute atomic E-state index is 0.102. The van der Waals surface area contributed by atoms with Crippen molar-refractivity contribution in [3.63, 3.8) is 0 Å². The van der Waals surface area contributed by atoms with Crippen LogP contribution in [0.4, 0.5) is 43.3 Å². The molecule has 0 radical (unpaired) electrons. The number of anilines is 8. The Hall–Kier alpha value is -11.3. The first-order chi connectivity index (χ1) is 62.1. The van der Waals surface area contributed by atoms with Gasteiger partial charge in [0.2, 0.25) is 0 Å². The number of fused-ring (bicyclic) bond motifs is 4. The smallest absolute Gasteiger partial charge is 0.180 e. The maximum Gasteiger partial charge on any atom is 0.180 e. The van der Waals surface area contributed by atoms with Gasteiger partial charge in [0.05, 0.1) is 144 Å². The second-order valence-electron chi connectivity index (χ2n) is 32.4. The molecule has 3 fully saturated rings. The number of aliphatic hydroxyl groups is 2. The van der Waals surface area contributed by atoms with E-state index in [1.165, 1.54) is 97.5 Å². The molecule has 127 heavy (non-hydrogen) atoms. The van der Waals surface area contributed by atoms with E-state index in [-0.39, 0.29) is 24.3 Å². The van der Waals surface area contributed by atoms with Gasteiger partial charge in [-0.2, -0.15) is 37.9 Å². The van der Waals surface area contributed by atoms with Gasteiger partial charge in [0.25, 0.3) is 0 Å². The predicted octanol–water partition coefficient (Wildman–Crippen LogP) is 15.4. The number of nitrogens with one attached hydrogen (secondary N) is 8. The summed E-state index contributed by atoms with van der Waals surface area (Å²) in [6, 6.07) is 8.84. The van der Waals surface area contributed by atoms with Gasteiger partial charge < -0.3 is 41.0 Å². The summed E-state index contributed by atoms with van der Waals surface area (Å²) >= 11 is 5.74. The molecule has 3 aliphatic rings. The molecular formula is C87H112N32O4S4. The topological polar surface area (TPSA) is 407 Å². The van der Waals surface area contributed by atoms with E-state index in [0.29, 0.717) is 23.5 Å². The minimum atomic E-state index is -0.117. The Labute approximate surface area is 752 Å². The summed E-state index contributed by atoms with van der Waals surface area (Å²) < 4.78 is 38.0. The van der Waals surface area contributed by atoms with Crippen LogP contribution in [-0.4, -0.2) is 235 Å². The Balaban J connectivity index is 0.000000125. The van der Waals surface area contributed by atoms with Crippen molar-refractivity contribution in [1.29, 1.82) is 0 Å². The molecule has 17 heterocycles. The van der Waals surface area contributed by atoms with Gasteiger partial charge in [0.1, 0.15) is 20.0 Å². The van der Waals surface area contributed by atoms with Gasteiger partial charge in [-0.3, -0.25) is 57.6 Å². The number of H-pyrrole nitrogens is 4. The fourth-order valence-electron chi connectivity index (χ4n) is 17.3. The quantitative estimate of drug-likeness (QED) is 0.0167. The third kappa shape index (κ3) is 21.0. The molecule has 1 saturated heterocycles. The lowest BCUT2D eigenvalue weighted by Crippen LogP contribution is -2.52. The van der Waals surface area contributed by atoms with Crippen molar-refractivity contribution < 1.29 is 19.7 Å². The average molecular weight is 1800 g/mol. The number of aliphatic hydroxyl groups excluding tert-OH is 2. The summed E-state index contributed by atoms with van der Waals surface area (Å²) in [6.45, 7) is 29.8. The summed E-state index contributed by atoms with van der Waals surface area (Å²) in [7, 11) is 0. The highest BCUT2D eigenvalue weighted by Crippen LogP contribution is 2.40. The maximum absolute atomic E-state index is 10.2. The number of nitrogens with zero attached hydrogens (tertiary/aromatic N) is 24. The molecule has 0 bridgehead atoms. The molecule has 1 atom stereocenters. The number of aromatic nitrogens is 24. The maximum atomic E-state index is 10.2. The van der Waals surface area contributed by atoms with E-state index in [1.807, 2.05) is 127 Å². The first-order valence-corrected chi connectivity index (χ1v) is 46.8. The third-order valence-corrected chi connectivity index (χ3v) is 26.7. The minimum Gasteiger partial charge on any atom is -0.394 e. The van der Waals surface area contributed by atoms with Crippen LogP contribution >= 0.6 is 46.1 Å². The first-order valence-electron chi connectivity index (χ1n) is 43.7. The molecule has 16 aromatic rings. The lowest BCUT2D eigenvalue weighted by molar-refractivity contribution is -0.00230. The van der Waals surface area contributed by atoms with Crippen LogP contribution in [0.2, 0.25) is 0 Å². The summed E-state index contributed by atoms with van der Waals surface area (Å²) in [4.78, 5) is 46.7. The molecule has 19 rings (SSSR count). The molecule has 0 unspecified atom stereocenters. The molecule has 10 N–H and O–H groups in total. The highest BCUT2D eigenvalue weighted by atomic mass is 32.1. The van der Waals surface area contributed by atoms with Gasteiger partial charge in [-0.25, -0.2) is 39.9 Å². The van der Waals surface area contributed by atoms with Crippen LogP contribution in [0.15, 0.2) is 123 Å². The molecule has 668 valence electrons. The first kappa shape index (κ1) is 89.1. The van der Waals surface area contributed by atoms with E-state index in [9.17, 15) is 10.2 Å². The number of aromatic amines is 4. The van der Waals surface area contributed by atoms with Gasteiger partial charge >= 0.3 is 0 Å². The fraction of sp³-hybridized carbons (Fsp3) is 0.448. The molecule has 40 heteroatoms. The number of likely N-dealkylation sites (tertiary alicyclic amines) is 1. The Morgan fingerprint density at radius 3 is 1.13 bits per heavy atom. The number of ether oxygens (including phenoxy) is 2. The molecule has 2 aliphatic carbocycles. The lowest BCUT2D eigenvalue weighted by Gasteiger charge is -2.45. The van der Waals surface area contributed by atoms with Crippen molar-refractivity contribution in [3.05, 3.63) is 169 Å². The Kier molecular flexibility index (Phi) is 29.2. The van der Waals surface area contributed by atoms with Crippen LogP contribution < -0.4 is 21.3 Å². The lowest BCUT2D eigenvalue weighted by atomic mass is 9.80. The Morgan fingerprint density at radius 1 is 0.433 bits per heavy atom. The zero-order valence-electron chi connectivity index (χ0n) is 73.3. The SMILES string of the molecule is CCN(Cc1cc(Nc2nc(C)cn3c(-c4cn[nH]c4)cnc23)sn1)C1(CO)CCCC1.CCN(Cc1cc(Nc2nc(C)cn3c(-c4cn[nH]c4)cnc23)sn1)C1(CO)CCCCC1.CCOCCN(CC)Cc1cc(Nc2nc(C)cn3c(-c4cn[nH]c4)cnc23)sn1.CCOC[C@H]1CCCCN1Cc1cc(Nc2nc(C)cn3c(-c4cn[nH]c4)cnc23)sn1. The molecule has 0 amide bonds. The highest BCUT2D eigenvalue weighted by molar-refractivity contribution is 7.11. The van der Waals surface area contributed by atoms with Gasteiger partial charge in [-0.05, 0) is 177 Å². The summed E-state index contributed by atoms with van der Waals surface area (Å²) in [6.07, 6.45) is 43.7. The normalized spacial score (nSPS) is 15.2. The van der Waals surface area contributed by atoms with Gasteiger partial charge in [-0.1, -0.05) is 59.3 Å². The molecular weight excluding hydrogens is 1690 g/mol. The predicted molar refractivity (Wildman–Crippen MR) is 498 cm³/mol. The van der Waals surface area contributed by atoms with Crippen molar-refractivity contribution in [3.8, 4) is 45.0 Å². The van der Waals surface area contributed by atoms with Crippen LogP contribution in [0.3, 0.4) is 0 Å². The van der Waals surface area contributed by atoms with E-state index in [2.05, 4.69) is 172 Å². The number of imidazole rings is 4. The van der Waals surface area contributed by atoms with Gasteiger partial charge in [0, 0.05) is 135 Å². The average Bonchev–Trinajstić information content (AvgIpc) is 1.64. The van der Waals surface area contributed by atoms with Crippen molar-refractivity contribution in [2.75, 3.05) is 93.6 Å². The van der Waals surface area contributed by atoms with E-state index in [4.69, 9.17) is 28.2 Å². The number of rotatable bonds is 34. The fourth-order valence-corrected chi connectivity index (χ4v) is 19.9. The number of piperidine rings is 1. The van der Waals surface area contributed by atoms with Crippen molar-refractivity contribution in [1.82, 2.24) is 135 Å². The van der Waals surface area contributed by atoms with Crippen LogP contribution in [-0.2, 0) is 35.7 Å². The zero-order valence-corrected chi connectivity index (χ0v) is 76.6. The summed E-state index contributed by atoms with van der Waals surface area (Å²) in [5, 5.41) is 65.4. The zero-order chi connectivity index (χ0) is 87.8. The number of hydrogen-bond donors (Lipinski definition) is 10. The van der Waals surface area contributed by atoms with Gasteiger partial charge in [0.15, 0.2) is 45.9 Å². The van der Waals surface area contributed by atoms with Gasteiger partial charge in [-0.15, -0.1) is 0 Å². The van der Waals surface area contributed by atoms with E-state index < -0.39 is 0 Å². The Bertz CT molecular complexity index is 6130. The van der Waals surface area contributed by atoms with E-state index in [0.717, 1.165) is 250 Å². The third-order valence-electron chi connectivity index (χ3n) is 23.8. The molecule has 36 nitrogen and oxygen atoms in total. The van der Waals surface area contributed by atoms with Crippen LogP contribution in [0.1, 0.15) is 157 Å². The summed E-state index contributed by atoms with van der Waals surface area (Å²) in [5.74, 6) is 2.84. The van der Waals surface area contributed by atoms with Crippen LogP contribution in [0.25, 0.3) is 67.6 Å². The number of likely N-dealkylation sites (N-methyl/N-ethyl adjacent to an activating group) is 3. The second kappa shape index (κ2) is 41.7. The van der Waals surface area contributed by atoms with Crippen LogP contribution in [0, 0.1) is 27.7 Å². The highest BCUT2D eigenvalue weighted by Gasteiger charge is 2.40. The number of aryl methyl sites for hydroxylation is 4. The standard InChI is InChI=1S/C23H30N8OS.2C22H28N8OS.C20H26N8OS/c1-3-30(23(15-32)7-5-4-6-8-23)14-18-9-20(33-29-18)28-21-22-24-12-19(17-10-25-26-11-17)31(22)13-16(2)27-21;1-3-29(22(14-31)6-4-5-7-22)13-17-8-19(32-28-17)27-20-21-23-11-18(16-9-24-25-10-16)30(21)12-15(2)26-20;1-3-31-14-18-6-4-5-7-29(18)13-17-8-20(32-28-17)27-21-22-23-11-19(16-9-24-25-10-16)30(22)12-15(2)26-21;1-4-27(6-7-29-5-2)13-16-8-18(30-26-16)25-19-20-21-11-17(15-9-22-23-10-15)28(20)12-14(3)24-19/h9-13,32H,3-8,14-15H2,1-2H3,(H,25,26)(H,27,28);8-12,31H,3-7,13-14H2,1-2H3,(H,24,25)(H,26,27);8-12,18H,3-7,13-14H2,1-2H3,(H,24,25)(H,26,27);8-12H,4-7,13H2,1-3H3,(H,22,23)(H,24,25)/t;;18-;/m..1./s1. The second-order valence-corrected chi connectivity index (χ2v) is 35.6. The monoisotopic (exact) mass is 1800 g/mol. The van der Waals surface area contributed by atoms with E-state index in [1.54, 1.807) is 24.8 Å². The van der Waals surface area contributed by atoms with Crippen LogP contribution in [0.5, 0.6) is 0 Å². The van der Waals surface area contributed by atoms with Crippen molar-refractivity contribution in [2.24, 2.45) is 0 Å². The molecule has 2 saturated carbocycles. The van der Waals surface area contributed by atoms with E-state index >= 15 is 0 Å². The van der Waals surface area contributed by atoms with Crippen molar-refractivity contribution >= 4 is 112 Å². The van der Waals surface area contributed by atoms with Crippen molar-refractivity contribution in [2.45, 2.75) is 183 Å². The largest absolute Gasteiger partial charge is 0.394 e. The Morgan fingerprint density at radius 2 is 0.787 bits per heavy atom. The number of hydrogen-bond acceptors (Lipinski definition) is 32. The molecule has 1 aliphatic heterocycles. The summed E-state index contributed by atoms with van der Waals surface area (Å²) in [5.41, 5.74) is 18.3. The molecule has 0 aromatic carbocycles. The molecule has 16 aromatic heterocycles. The molecule has 0 spiro atoms.